The van der Waals surface area contributed by atoms with Gasteiger partial charge < -0.3 is 21.1 Å². The first-order valence-corrected chi connectivity index (χ1v) is 8.79. The van der Waals surface area contributed by atoms with Gasteiger partial charge in [0.05, 0.1) is 16.8 Å². The number of nitrogens with two attached hydrogens (primary N) is 1. The van der Waals surface area contributed by atoms with E-state index in [1.807, 2.05) is 13.1 Å². The van der Waals surface area contributed by atoms with Crippen LogP contribution < -0.4 is 11.1 Å². The maximum absolute atomic E-state index is 11.2. The van der Waals surface area contributed by atoms with Gasteiger partial charge in [-0.05, 0) is 42.0 Å². The van der Waals surface area contributed by atoms with Gasteiger partial charge in [0.2, 0.25) is 0 Å². The van der Waals surface area contributed by atoms with Gasteiger partial charge >= 0.3 is 5.97 Å². The highest BCUT2D eigenvalue weighted by Crippen LogP contribution is 2.30. The Kier molecular flexibility index (Phi) is 4.39. The molecule has 138 valence electrons. The molecular weight excluding hydrogens is 342 g/mol. The zero-order chi connectivity index (χ0) is 19.0. The Bertz CT molecular complexity index is 1140. The van der Waals surface area contributed by atoms with Crippen molar-refractivity contribution in [3.05, 3.63) is 53.6 Å². The number of aromatic amines is 1. The highest BCUT2D eigenvalue weighted by atomic mass is 16.4. The summed E-state index contributed by atoms with van der Waals surface area (Å²) in [7, 11) is 1.82. The molecule has 5 N–H and O–H groups in total. The Morgan fingerprint density at radius 1 is 1.26 bits per heavy atom. The molecule has 2 aromatic heterocycles. The number of benzene rings is 2. The van der Waals surface area contributed by atoms with Crippen LogP contribution in [0.1, 0.15) is 15.9 Å². The molecule has 0 fully saturated rings. The molecular formula is C20H21N5O2. The quantitative estimate of drug-likeness (QED) is 0.394. The van der Waals surface area contributed by atoms with Crippen LogP contribution in [0.2, 0.25) is 0 Å². The SMILES string of the molecule is Cn1nc(-c2cc3cc(CNCCN)ccc3[nH]2)c2ccc(C(=O)O)cc21. The standard InChI is InChI=1S/C20H21N5O2/c1-25-18-10-13(20(26)27)3-4-15(18)19(24-25)17-9-14-8-12(11-22-7-6-21)2-5-16(14)23-17/h2-5,8-10,22-23H,6-7,11,21H2,1H3,(H,26,27). The number of nitrogens with one attached hydrogen (secondary N) is 2. The lowest BCUT2D eigenvalue weighted by atomic mass is 10.1. The van der Waals surface area contributed by atoms with Crippen molar-refractivity contribution in [1.82, 2.24) is 20.1 Å². The fraction of sp³-hybridized carbons (Fsp3) is 0.200. The number of aromatic nitrogens is 3. The van der Waals surface area contributed by atoms with Crippen LogP contribution in [0, 0.1) is 0 Å². The molecule has 0 atom stereocenters. The van der Waals surface area contributed by atoms with Gasteiger partial charge in [0.25, 0.3) is 0 Å². The third-order valence-electron chi connectivity index (χ3n) is 4.69. The number of rotatable bonds is 6. The Morgan fingerprint density at radius 2 is 2.11 bits per heavy atom. The van der Waals surface area contributed by atoms with Gasteiger partial charge in [-0.15, -0.1) is 0 Å². The van der Waals surface area contributed by atoms with E-state index in [9.17, 15) is 9.90 Å². The lowest BCUT2D eigenvalue weighted by Crippen LogP contribution is -2.21. The molecule has 0 aliphatic heterocycles. The fourth-order valence-electron chi connectivity index (χ4n) is 3.34. The summed E-state index contributed by atoms with van der Waals surface area (Å²) in [6.45, 7) is 2.18. The molecule has 4 rings (SSSR count). The number of carboxylic acids is 1. The number of fused-ring (bicyclic) bond motifs is 2. The van der Waals surface area contributed by atoms with Gasteiger partial charge in [0.1, 0.15) is 5.69 Å². The third-order valence-corrected chi connectivity index (χ3v) is 4.69. The zero-order valence-corrected chi connectivity index (χ0v) is 15.0. The molecule has 4 aromatic rings. The first-order valence-electron chi connectivity index (χ1n) is 8.79. The van der Waals surface area contributed by atoms with Gasteiger partial charge in [-0.1, -0.05) is 6.07 Å². The topological polar surface area (TPSA) is 109 Å². The van der Waals surface area contributed by atoms with E-state index in [-0.39, 0.29) is 5.56 Å². The largest absolute Gasteiger partial charge is 0.478 e. The van der Waals surface area contributed by atoms with Crippen molar-refractivity contribution in [1.29, 1.82) is 0 Å². The molecule has 0 amide bonds. The summed E-state index contributed by atoms with van der Waals surface area (Å²) in [6, 6.07) is 13.4. The van der Waals surface area contributed by atoms with E-state index in [1.54, 1.807) is 16.8 Å². The number of H-pyrrole nitrogens is 1. The van der Waals surface area contributed by atoms with E-state index < -0.39 is 5.97 Å². The van der Waals surface area contributed by atoms with E-state index in [0.717, 1.165) is 46.3 Å². The summed E-state index contributed by atoms with van der Waals surface area (Å²) in [6.07, 6.45) is 0. The zero-order valence-electron chi connectivity index (χ0n) is 15.0. The predicted molar refractivity (Wildman–Crippen MR) is 106 cm³/mol. The van der Waals surface area contributed by atoms with Crippen LogP contribution in [0.15, 0.2) is 42.5 Å². The molecule has 0 radical (unpaired) electrons. The predicted octanol–water partition coefficient (Wildman–Crippen LogP) is 2.47. The van der Waals surface area contributed by atoms with Gasteiger partial charge in [0, 0.05) is 43.0 Å². The summed E-state index contributed by atoms with van der Waals surface area (Å²) in [5, 5.41) is 19.1. The van der Waals surface area contributed by atoms with Gasteiger partial charge in [-0.3, -0.25) is 4.68 Å². The summed E-state index contributed by atoms with van der Waals surface area (Å²) in [4.78, 5) is 14.6. The maximum atomic E-state index is 11.2. The maximum Gasteiger partial charge on any atom is 0.335 e. The molecule has 0 unspecified atom stereocenters. The molecule has 2 aromatic carbocycles. The summed E-state index contributed by atoms with van der Waals surface area (Å²) >= 11 is 0. The van der Waals surface area contributed by atoms with E-state index in [4.69, 9.17) is 5.73 Å². The minimum absolute atomic E-state index is 0.253. The second kappa shape index (κ2) is 6.86. The average molecular weight is 363 g/mol. The van der Waals surface area contributed by atoms with E-state index in [1.165, 1.54) is 5.56 Å². The van der Waals surface area contributed by atoms with Gasteiger partial charge in [0.15, 0.2) is 0 Å². The molecule has 0 bridgehead atoms. The Morgan fingerprint density at radius 3 is 2.89 bits per heavy atom. The molecule has 7 heteroatoms. The van der Waals surface area contributed by atoms with Crippen molar-refractivity contribution in [2.75, 3.05) is 13.1 Å². The van der Waals surface area contributed by atoms with Crippen molar-refractivity contribution >= 4 is 27.8 Å². The van der Waals surface area contributed by atoms with Crippen molar-refractivity contribution in [3.8, 4) is 11.4 Å². The summed E-state index contributed by atoms with van der Waals surface area (Å²) < 4.78 is 1.71. The Hall–Kier alpha value is -3.16. The lowest BCUT2D eigenvalue weighted by molar-refractivity contribution is 0.0697. The highest BCUT2D eigenvalue weighted by Gasteiger charge is 2.15. The van der Waals surface area contributed by atoms with E-state index in [0.29, 0.717) is 6.54 Å². The first kappa shape index (κ1) is 17.3. The van der Waals surface area contributed by atoms with Crippen LogP contribution >= 0.6 is 0 Å². The summed E-state index contributed by atoms with van der Waals surface area (Å²) in [5.74, 6) is -0.943. The van der Waals surface area contributed by atoms with E-state index in [2.05, 4.69) is 39.7 Å². The average Bonchev–Trinajstić information content (AvgIpc) is 3.22. The monoisotopic (exact) mass is 363 g/mol. The Labute approximate surface area is 155 Å². The number of carbonyl (C=O) groups is 1. The minimum Gasteiger partial charge on any atom is -0.478 e. The molecule has 0 spiro atoms. The van der Waals surface area contributed by atoms with Crippen LogP contribution in [-0.4, -0.2) is 38.9 Å². The number of carboxylic acid groups (broad SMARTS) is 1. The molecule has 27 heavy (non-hydrogen) atoms. The normalized spacial score (nSPS) is 11.5. The molecule has 0 aliphatic rings. The van der Waals surface area contributed by atoms with Crippen LogP contribution in [0.5, 0.6) is 0 Å². The number of aryl methyl sites for hydroxylation is 1. The highest BCUT2D eigenvalue weighted by molar-refractivity contribution is 5.99. The number of hydrogen-bond acceptors (Lipinski definition) is 4. The molecule has 2 heterocycles. The molecule has 7 nitrogen and oxygen atoms in total. The van der Waals surface area contributed by atoms with Crippen molar-refractivity contribution in [2.45, 2.75) is 6.54 Å². The second-order valence-electron chi connectivity index (χ2n) is 6.58. The minimum atomic E-state index is -0.943. The van der Waals surface area contributed by atoms with Crippen molar-refractivity contribution < 1.29 is 9.90 Å². The molecule has 0 aliphatic carbocycles. The fourth-order valence-corrected chi connectivity index (χ4v) is 3.34. The summed E-state index contributed by atoms with van der Waals surface area (Å²) in [5.41, 5.74) is 10.5. The smallest absolute Gasteiger partial charge is 0.335 e. The van der Waals surface area contributed by atoms with Crippen LogP contribution in [0.4, 0.5) is 0 Å². The second-order valence-corrected chi connectivity index (χ2v) is 6.58. The Balaban J connectivity index is 1.74. The van der Waals surface area contributed by atoms with Crippen molar-refractivity contribution in [2.24, 2.45) is 12.8 Å². The molecule has 0 saturated heterocycles. The van der Waals surface area contributed by atoms with Crippen LogP contribution in [0.3, 0.4) is 0 Å². The number of nitrogens with zero attached hydrogens (tertiary/aromatic N) is 2. The van der Waals surface area contributed by atoms with Crippen LogP contribution in [-0.2, 0) is 13.6 Å². The van der Waals surface area contributed by atoms with Gasteiger partial charge in [-0.25, -0.2) is 4.79 Å². The van der Waals surface area contributed by atoms with E-state index >= 15 is 0 Å². The third kappa shape index (κ3) is 3.18. The lowest BCUT2D eigenvalue weighted by Gasteiger charge is -2.02. The van der Waals surface area contributed by atoms with Gasteiger partial charge in [-0.2, -0.15) is 5.10 Å². The number of aromatic carboxylic acids is 1. The van der Waals surface area contributed by atoms with Crippen molar-refractivity contribution in [3.63, 3.8) is 0 Å². The number of hydrogen-bond donors (Lipinski definition) is 4. The first-order chi connectivity index (χ1) is 13.1. The van der Waals surface area contributed by atoms with Crippen LogP contribution in [0.25, 0.3) is 33.2 Å². The molecule has 0 saturated carbocycles.